The third-order valence-electron chi connectivity index (χ3n) is 35.6. The minimum atomic E-state index is -0.0109. The molecule has 0 amide bonds. The maximum atomic E-state index is 6.44. The van der Waals surface area contributed by atoms with Gasteiger partial charge in [0.2, 0.25) is 53.5 Å². The molecule has 27 heteroatoms. The number of piperidine rings is 6. The lowest BCUT2D eigenvalue weighted by Crippen LogP contribution is -2.80. The van der Waals surface area contributed by atoms with Crippen LogP contribution in [-0.4, -0.2) is 334 Å². The monoisotopic (exact) mass is 1870 g/mol. The molecule has 3 aromatic rings. The van der Waals surface area contributed by atoms with Crippen molar-refractivity contribution in [3.05, 3.63) is 0 Å². The van der Waals surface area contributed by atoms with Crippen molar-refractivity contribution in [1.29, 1.82) is 0 Å². The number of rotatable bonds is 49. The summed E-state index contributed by atoms with van der Waals surface area (Å²) >= 11 is 0. The largest absolute Gasteiger partial charge is 0.354 e. The first-order valence-electron chi connectivity index (χ1n) is 54.6. The van der Waals surface area contributed by atoms with E-state index in [1.807, 2.05) is 0 Å². The van der Waals surface area contributed by atoms with Gasteiger partial charge in [-0.1, -0.05) is 80.1 Å². The molecule has 134 heavy (non-hydrogen) atoms. The molecule has 1 saturated carbocycles. The fourth-order valence-corrected chi connectivity index (χ4v) is 26.4. The third-order valence-corrected chi connectivity index (χ3v) is 35.6. The van der Waals surface area contributed by atoms with Gasteiger partial charge in [0.25, 0.3) is 0 Å². The number of aromatic nitrogens is 9. The Hall–Kier alpha value is -5.13. The van der Waals surface area contributed by atoms with Crippen LogP contribution in [0.25, 0.3) is 0 Å². The summed E-state index contributed by atoms with van der Waals surface area (Å²) in [5.74, 6) is 7.10. The minimum Gasteiger partial charge on any atom is -0.354 e. The van der Waals surface area contributed by atoms with Crippen LogP contribution in [0.4, 0.5) is 53.5 Å². The normalized spacial score (nSPS) is 25.4. The van der Waals surface area contributed by atoms with E-state index in [0.29, 0.717) is 36.5 Å². The van der Waals surface area contributed by atoms with Gasteiger partial charge >= 0.3 is 0 Å². The summed E-state index contributed by atoms with van der Waals surface area (Å²) in [6.07, 6.45) is 34.1. The number of nitrogens with zero attached hydrogens (tertiary/aromatic N) is 23. The Bertz CT molecular complexity index is 3820. The molecule has 12 rings (SSSR count). The van der Waals surface area contributed by atoms with E-state index in [0.717, 1.165) is 326 Å². The first-order valence-corrected chi connectivity index (χ1v) is 54.6. The van der Waals surface area contributed by atoms with Crippen LogP contribution in [0.5, 0.6) is 0 Å². The van der Waals surface area contributed by atoms with Crippen LogP contribution in [0.15, 0.2) is 0 Å². The van der Waals surface area contributed by atoms with Gasteiger partial charge in [-0.15, -0.1) is 0 Å². The van der Waals surface area contributed by atoms with Crippen molar-refractivity contribution < 1.29 is 0 Å². The molecule has 5 N–H and O–H groups in total. The molecule has 2 spiro atoms. The van der Waals surface area contributed by atoms with Crippen LogP contribution in [0.1, 0.15) is 385 Å². The average Bonchev–Trinajstić information content (AvgIpc) is 0.682. The molecule has 11 heterocycles. The molecule has 9 aliphatic rings. The molecule has 0 radical (unpaired) electrons. The summed E-state index contributed by atoms with van der Waals surface area (Å²) in [5.41, 5.74) is 6.65. The first kappa shape index (κ1) is 109. The minimum absolute atomic E-state index is 0.00141. The second kappa shape index (κ2) is 45.0. The van der Waals surface area contributed by atoms with Crippen molar-refractivity contribution in [3.8, 4) is 0 Å². The number of unbranched alkanes of at least 4 members (excludes halogenated alkanes) is 7. The van der Waals surface area contributed by atoms with Crippen molar-refractivity contribution in [2.75, 3.05) is 192 Å². The van der Waals surface area contributed by atoms with E-state index in [4.69, 9.17) is 50.6 Å². The zero-order valence-corrected chi connectivity index (χ0v) is 92.3. The lowest BCUT2D eigenvalue weighted by molar-refractivity contribution is -0.189. The summed E-state index contributed by atoms with van der Waals surface area (Å²) in [4.78, 5) is 87.8. The molecule has 3 aromatic heterocycles. The highest BCUT2D eigenvalue weighted by atomic mass is 15.5. The maximum Gasteiger partial charge on any atom is 0.232 e. The number of hydrogen-bond donors (Lipinski definition) is 4. The van der Waals surface area contributed by atoms with E-state index < -0.39 is 0 Å². The molecule has 0 aromatic carbocycles. The smallest absolute Gasteiger partial charge is 0.232 e. The van der Waals surface area contributed by atoms with E-state index in [2.05, 4.69) is 307 Å². The second-order valence-electron chi connectivity index (χ2n) is 50.1. The Morgan fingerprint density at radius 1 is 0.269 bits per heavy atom. The quantitative estimate of drug-likeness (QED) is 0.0386. The van der Waals surface area contributed by atoms with Gasteiger partial charge in [-0.3, -0.25) is 29.4 Å². The van der Waals surface area contributed by atoms with E-state index >= 15 is 0 Å². The lowest BCUT2D eigenvalue weighted by atomic mass is 9.52. The number of likely N-dealkylation sites (tertiary alicyclic amines) is 6. The van der Waals surface area contributed by atoms with Gasteiger partial charge < -0.3 is 60.9 Å². The van der Waals surface area contributed by atoms with Crippen LogP contribution in [0.2, 0.25) is 0 Å². The molecule has 7 fully saturated rings. The van der Waals surface area contributed by atoms with E-state index in [1.54, 1.807) is 0 Å². The standard InChI is InChI=1S/C107H203N27/c1-33-39-61-129(81-67-96(7,8)121(27)97(9,10)68-81)90-112-87(113-91(118-90)130(62-40-34-2)82-69-98(11,12)122(28)99(13,14)70-82)109-52-48-58-127(57-47-51-108)55-45-46-56-128(59-49-53-110-88-114-92(131(63-41-35-3)83-71-100(15,16)123(29)101(17,18)72-83)119-93(115-88)132(64-42-36-4)84-73-102(19,20)124(30)103(21,22)74-84)60-50-54-111-89-116-94-120-95(117-89)134(66-44-38-6)86-76-105(25,26)126(32)107(78-86)79-106(80-107)77-85(133(94)65-43-37-5)75-104(23,24)125(106)31/h81-86H,33-80,108H2,1-32H3,(H,109,112,113,118)(H,110,114,115,119)(H,111,116,117,120). The predicted molar refractivity (Wildman–Crippen MR) is 568 cm³/mol. The number of anilines is 9. The van der Waals surface area contributed by atoms with Gasteiger partial charge in [0.15, 0.2) is 0 Å². The Morgan fingerprint density at radius 2 is 0.507 bits per heavy atom. The van der Waals surface area contributed by atoms with Crippen molar-refractivity contribution in [2.45, 2.75) is 488 Å². The summed E-state index contributed by atoms with van der Waals surface area (Å²) in [6.45, 7) is 77.1. The lowest BCUT2D eigenvalue weighted by Gasteiger charge is -2.73. The van der Waals surface area contributed by atoms with Crippen molar-refractivity contribution in [1.82, 2.24) is 84.1 Å². The van der Waals surface area contributed by atoms with Gasteiger partial charge in [0.05, 0.1) is 0 Å². The molecule has 8 aliphatic heterocycles. The van der Waals surface area contributed by atoms with Gasteiger partial charge in [0.1, 0.15) is 0 Å². The van der Waals surface area contributed by atoms with Gasteiger partial charge in [-0.25, -0.2) is 0 Å². The molecule has 766 valence electrons. The number of hydrogen-bond acceptors (Lipinski definition) is 27. The van der Waals surface area contributed by atoms with Crippen molar-refractivity contribution in [2.24, 2.45) is 5.73 Å². The predicted octanol–water partition coefficient (Wildman–Crippen LogP) is 19.1. The van der Waals surface area contributed by atoms with Crippen LogP contribution < -0.4 is 51.1 Å². The Morgan fingerprint density at radius 3 is 0.761 bits per heavy atom. The van der Waals surface area contributed by atoms with Crippen LogP contribution in [-0.2, 0) is 0 Å². The highest BCUT2D eigenvalue weighted by Crippen LogP contribution is 2.62. The fourth-order valence-electron chi connectivity index (χ4n) is 26.4. The van der Waals surface area contributed by atoms with E-state index in [-0.39, 0.29) is 90.6 Å². The fraction of sp³-hybridized carbons (Fsp3) is 0.916. The van der Waals surface area contributed by atoms with Crippen molar-refractivity contribution in [3.63, 3.8) is 0 Å². The molecule has 2 atom stereocenters. The van der Waals surface area contributed by atoms with Crippen LogP contribution >= 0.6 is 0 Å². The summed E-state index contributed by atoms with van der Waals surface area (Å²) in [6, 6.07) is 1.72. The summed E-state index contributed by atoms with van der Waals surface area (Å²) < 4.78 is 0. The van der Waals surface area contributed by atoms with Crippen LogP contribution in [0, 0.1) is 0 Å². The highest BCUT2D eigenvalue weighted by Gasteiger charge is 2.67. The molecular formula is C107H203N27. The molecule has 6 saturated heterocycles. The molecule has 2 unspecified atom stereocenters. The number of nitrogens with one attached hydrogen (secondary N) is 3. The highest BCUT2D eigenvalue weighted by molar-refractivity contribution is 5.52. The van der Waals surface area contributed by atoms with Gasteiger partial charge in [-0.2, -0.15) is 44.9 Å². The summed E-state index contributed by atoms with van der Waals surface area (Å²) in [5, 5.41) is 11.8. The van der Waals surface area contributed by atoms with Gasteiger partial charge in [-0.05, 0) is 394 Å². The topological polar surface area (TPSA) is 223 Å². The molecular weight excluding hydrogens is 1660 g/mol. The molecule has 1 aliphatic carbocycles. The Balaban J connectivity index is 0.874. The zero-order valence-electron chi connectivity index (χ0n) is 92.3. The average molecular weight is 1870 g/mol. The Labute approximate surface area is 819 Å². The van der Waals surface area contributed by atoms with Crippen molar-refractivity contribution >= 4 is 53.5 Å². The van der Waals surface area contributed by atoms with Gasteiger partial charge in [0, 0.05) is 162 Å². The Kier molecular flexibility index (Phi) is 36.7. The second-order valence-corrected chi connectivity index (χ2v) is 50.1. The van der Waals surface area contributed by atoms with E-state index in [1.165, 1.54) is 12.8 Å². The maximum absolute atomic E-state index is 6.44. The summed E-state index contributed by atoms with van der Waals surface area (Å²) in [7, 11) is 14.2. The molecule has 27 nitrogen and oxygen atoms in total. The molecule has 6 bridgehead atoms. The number of nitrogens with two attached hydrogens (primary N) is 1. The van der Waals surface area contributed by atoms with E-state index in [9.17, 15) is 0 Å². The third kappa shape index (κ3) is 25.8. The zero-order chi connectivity index (χ0) is 98.2. The SMILES string of the molecule is CCCCN(c1nc(NCCCN(CCCN)CCCCN(CCCNc2nc(N(CCCC)C3CC(C)(C)N(C)C(C)(C)C3)nc(N(CCCC)C3CC(C)(C)N(C)C(C)(C)C3)n2)CCCNc2nc3nc(n2)N(CCCC)C2CC(C)(C)N(C)C4(C2)CC2(CC(CC(C)(C)N2C)N3CCCC)C4)nc(N(CCCC)C2CC(C)(C)N(C)C(C)(C)C2)n1)C1CC(C)(C)N(C)C(C)(C)C1. The van der Waals surface area contributed by atoms with Crippen LogP contribution in [0.3, 0.4) is 0 Å². The first-order chi connectivity index (χ1) is 62.9.